The van der Waals surface area contributed by atoms with Crippen LogP contribution in [0, 0.1) is 0 Å². The fraction of sp³-hybridized carbons (Fsp3) is 1.00. The number of rotatable bonds is 0. The first kappa shape index (κ1) is 36.8. The maximum absolute atomic E-state index is 4.60. The molecule has 0 unspecified atom stereocenters. The van der Waals surface area contributed by atoms with Crippen LogP contribution in [0.15, 0.2) is 0 Å². The average molecular weight is 140 g/mol. The molecule has 7 N–H and O–H groups in total. The Morgan fingerprint density at radius 3 is 1.00 bits per heavy atom. The van der Waals surface area contributed by atoms with E-state index in [4.69, 9.17) is 0 Å². The Balaban J connectivity index is -0.00000000825. The van der Waals surface area contributed by atoms with Gasteiger partial charge >= 0.3 is 0 Å². The van der Waals surface area contributed by atoms with Gasteiger partial charge in [-0.3, -0.25) is 23.0 Å². The molecular weight excluding hydrogens is 116 g/mol. The molecule has 0 amide bonds. The predicted octanol–water partition coefficient (Wildman–Crippen LogP) is 0.197. The third-order valence-corrected chi connectivity index (χ3v) is 0. The molecule has 4 nitrogen and oxygen atoms in total. The number of hydrogen-bond acceptors (Lipinski definition) is 4. The zero-order chi connectivity index (χ0) is 6.71. The number of hydrazine groups is 2. The summed E-state index contributed by atoms with van der Waals surface area (Å²) in [5, 5.41) is 0. The van der Waals surface area contributed by atoms with Crippen LogP contribution >= 0.6 is 0 Å². The van der Waals surface area contributed by atoms with Gasteiger partial charge in [-0.15, -0.1) is 0 Å². The minimum atomic E-state index is 0. The molecule has 64 valence electrons. The number of nitrogens with one attached hydrogen (secondary N) is 1. The van der Waals surface area contributed by atoms with Crippen LogP contribution in [0.3, 0.4) is 0 Å². The molecule has 0 aromatic rings. The lowest BCUT2D eigenvalue weighted by atomic mass is 11.0. The van der Waals surface area contributed by atoms with E-state index in [0.717, 1.165) is 0 Å². The molecule has 0 rings (SSSR count). The van der Waals surface area contributed by atoms with Gasteiger partial charge in [-0.2, -0.15) is 0 Å². The molecule has 0 aromatic heterocycles. The minimum Gasteiger partial charge on any atom is -0.274 e. The van der Waals surface area contributed by atoms with E-state index in [-0.39, 0.29) is 14.9 Å². The lowest BCUT2D eigenvalue weighted by molar-refractivity contribution is 0.900. The lowest BCUT2D eigenvalue weighted by Gasteiger charge is -1.62. The summed E-state index contributed by atoms with van der Waals surface area (Å²) in [6, 6.07) is 0. The van der Waals surface area contributed by atoms with Crippen molar-refractivity contribution in [2.24, 2.45) is 17.5 Å². The van der Waals surface area contributed by atoms with Crippen molar-refractivity contribution in [1.29, 1.82) is 0 Å². The maximum atomic E-state index is 4.60. The molecule has 0 fully saturated rings. The fourth-order valence-electron chi connectivity index (χ4n) is 0. The summed E-state index contributed by atoms with van der Waals surface area (Å²) in [4.78, 5) is 0. The van der Waals surface area contributed by atoms with Crippen molar-refractivity contribution < 1.29 is 0 Å². The van der Waals surface area contributed by atoms with Crippen molar-refractivity contribution >= 4 is 0 Å². The van der Waals surface area contributed by atoms with Gasteiger partial charge in [0.15, 0.2) is 0 Å². The molecule has 4 heteroatoms. The molecule has 0 bridgehead atoms. The third kappa shape index (κ3) is 10400. The average Bonchev–Trinajstić information content (AvgIpc) is 1.78. The summed E-state index contributed by atoms with van der Waals surface area (Å²) in [6.07, 6.45) is 0. The van der Waals surface area contributed by atoms with Gasteiger partial charge in [0.2, 0.25) is 0 Å². The Kier molecular flexibility index (Phi) is 2130. The Morgan fingerprint density at radius 1 is 1.00 bits per heavy atom. The van der Waals surface area contributed by atoms with Crippen molar-refractivity contribution in [3.8, 4) is 0 Å². The van der Waals surface area contributed by atoms with Crippen molar-refractivity contribution in [1.82, 2.24) is 5.43 Å². The molecule has 0 aliphatic heterocycles. The lowest BCUT2D eigenvalue weighted by Crippen LogP contribution is -2.13. The van der Waals surface area contributed by atoms with Gasteiger partial charge in [0.05, 0.1) is 0 Å². The summed E-state index contributed by atoms with van der Waals surface area (Å²) < 4.78 is 0. The zero-order valence-corrected chi connectivity index (χ0v) is 5.23. The first-order valence-corrected chi connectivity index (χ1v) is 2.12. The summed E-state index contributed by atoms with van der Waals surface area (Å²) in [7, 11) is 1.65. The van der Waals surface area contributed by atoms with E-state index in [1.165, 1.54) is 0 Å². The van der Waals surface area contributed by atoms with Crippen molar-refractivity contribution in [3.05, 3.63) is 0 Å². The van der Waals surface area contributed by atoms with Crippen LogP contribution in [0.1, 0.15) is 28.7 Å². The van der Waals surface area contributed by atoms with E-state index >= 15 is 0 Å². The van der Waals surface area contributed by atoms with E-state index in [0.29, 0.717) is 0 Å². The molecule has 0 radical (unpaired) electrons. The van der Waals surface area contributed by atoms with Crippen LogP contribution in [0.25, 0.3) is 0 Å². The van der Waals surface area contributed by atoms with Gasteiger partial charge in [0, 0.05) is 0 Å². The Hall–Kier alpha value is -0.160. The smallest absolute Gasteiger partial charge is 0.00172 e. The van der Waals surface area contributed by atoms with E-state index < -0.39 is 0 Å². The first-order chi connectivity index (χ1) is 3.41. The monoisotopic (exact) mass is 140 g/mol. The van der Waals surface area contributed by atoms with Crippen molar-refractivity contribution in [2.45, 2.75) is 28.7 Å². The normalized spacial score (nSPS) is 3.33. The van der Waals surface area contributed by atoms with Crippen LogP contribution in [0.4, 0.5) is 0 Å². The summed E-state index contributed by atoms with van der Waals surface area (Å²) >= 11 is 0. The fourth-order valence-corrected chi connectivity index (χ4v) is 0. The van der Waals surface area contributed by atoms with Crippen LogP contribution in [0.5, 0.6) is 0 Å². The summed E-state index contributed by atoms with van der Waals surface area (Å²) in [5.41, 5.74) is 2.25. The summed E-state index contributed by atoms with van der Waals surface area (Å²) in [5.74, 6) is 12.6. The molecule has 9 heavy (non-hydrogen) atoms. The van der Waals surface area contributed by atoms with Gasteiger partial charge in [-0.1, -0.05) is 28.7 Å². The Bertz CT molecular complexity index is 8.92. The standard InChI is InChI=1S/C2H6.CH6N2.2CH4.H4N2/c1-2;1-3-2;;;1-2/h1-2H3;3H,2H2,1H3;2*1H4;1-2H2. The molecule has 0 aliphatic rings. The second kappa shape index (κ2) is 520. The number of hydrogen-bond donors (Lipinski definition) is 4. The minimum absolute atomic E-state index is 0. The quantitative estimate of drug-likeness (QED) is 0.286. The van der Waals surface area contributed by atoms with Crippen LogP contribution in [0.2, 0.25) is 0 Å². The second-order valence-electron chi connectivity index (χ2n) is 0.289. The van der Waals surface area contributed by atoms with E-state index in [1.54, 1.807) is 7.05 Å². The van der Waals surface area contributed by atoms with Crippen LogP contribution in [-0.2, 0) is 0 Å². The van der Waals surface area contributed by atoms with Crippen LogP contribution < -0.4 is 23.0 Å². The molecular formula is C5H24N4. The Labute approximate surface area is 59.7 Å². The maximum Gasteiger partial charge on any atom is -0.00172 e. The highest BCUT2D eigenvalue weighted by Crippen LogP contribution is 1.14. The molecule has 0 spiro atoms. The number of nitrogens with two attached hydrogens (primary N) is 3. The van der Waals surface area contributed by atoms with Gasteiger partial charge in [-0.25, -0.2) is 0 Å². The highest BCUT2D eigenvalue weighted by atomic mass is 15.2. The first-order valence-electron chi connectivity index (χ1n) is 2.12. The zero-order valence-electron chi connectivity index (χ0n) is 5.23. The van der Waals surface area contributed by atoms with E-state index in [2.05, 4.69) is 23.0 Å². The van der Waals surface area contributed by atoms with Crippen LogP contribution in [-0.4, -0.2) is 7.05 Å². The molecule has 0 atom stereocenters. The molecule has 0 heterocycles. The second-order valence-corrected chi connectivity index (χ2v) is 0.289. The van der Waals surface area contributed by atoms with Gasteiger partial charge < -0.3 is 0 Å². The van der Waals surface area contributed by atoms with E-state index in [1.807, 2.05) is 13.8 Å². The molecule has 0 aromatic carbocycles. The van der Waals surface area contributed by atoms with Gasteiger partial charge in [0.1, 0.15) is 0 Å². The van der Waals surface area contributed by atoms with Gasteiger partial charge in [0.25, 0.3) is 0 Å². The highest BCUT2D eigenvalue weighted by Gasteiger charge is 1.22. The molecule has 0 saturated heterocycles. The Morgan fingerprint density at radius 2 is 1.00 bits per heavy atom. The highest BCUT2D eigenvalue weighted by molar-refractivity contribution is 3.79. The topological polar surface area (TPSA) is 90.1 Å². The summed E-state index contributed by atoms with van der Waals surface area (Å²) in [6.45, 7) is 4.00. The molecule has 0 aliphatic carbocycles. The third-order valence-electron chi connectivity index (χ3n) is 0. The SMILES string of the molecule is C.C.CC.CNN.NN. The van der Waals surface area contributed by atoms with Crippen molar-refractivity contribution in [3.63, 3.8) is 0 Å². The van der Waals surface area contributed by atoms with Crippen molar-refractivity contribution in [2.75, 3.05) is 7.05 Å². The molecule has 0 saturated carbocycles. The predicted molar refractivity (Wildman–Crippen MR) is 46.4 cm³/mol. The largest absolute Gasteiger partial charge is 0.274 e. The van der Waals surface area contributed by atoms with E-state index in [9.17, 15) is 0 Å². The van der Waals surface area contributed by atoms with Gasteiger partial charge in [-0.05, 0) is 7.05 Å².